The van der Waals surface area contributed by atoms with Gasteiger partial charge in [0.05, 0.1) is 0 Å². The van der Waals surface area contributed by atoms with E-state index in [-0.39, 0.29) is 5.91 Å². The summed E-state index contributed by atoms with van der Waals surface area (Å²) in [6, 6.07) is 11.5. The van der Waals surface area contributed by atoms with E-state index in [0.717, 1.165) is 19.4 Å². The molecular weight excluding hydrogens is 260 g/mol. The maximum atomic E-state index is 11.4. The van der Waals surface area contributed by atoms with Crippen molar-refractivity contribution in [3.05, 3.63) is 41.5 Å². The van der Waals surface area contributed by atoms with E-state index in [2.05, 4.69) is 54.0 Å². The SMILES string of the molecule is CC/C(=C\c1ccccc1)[C@@H]1C[C@H]1NC1CCNC(=O)C1. The Kier molecular flexibility index (Phi) is 4.39. The van der Waals surface area contributed by atoms with Gasteiger partial charge in [0.1, 0.15) is 0 Å². The van der Waals surface area contributed by atoms with Crippen LogP contribution in [0.1, 0.15) is 38.2 Å². The first-order valence-electron chi connectivity index (χ1n) is 8.04. The molecule has 3 nitrogen and oxygen atoms in total. The fourth-order valence-electron chi connectivity index (χ4n) is 3.25. The second-order valence-electron chi connectivity index (χ2n) is 6.14. The summed E-state index contributed by atoms with van der Waals surface area (Å²) in [5.41, 5.74) is 2.82. The standard InChI is InChI=1S/C18H24N2O/c1-2-14(10-13-6-4-3-5-7-13)16-12-17(16)20-15-8-9-19-18(21)11-15/h3-7,10,15-17,20H,2,8-9,11-12H2,1H3,(H,19,21)/b14-10+/t15?,16-,17+/m0/s1. The molecule has 1 aromatic carbocycles. The highest BCUT2D eigenvalue weighted by atomic mass is 16.1. The number of benzene rings is 1. The number of amides is 1. The van der Waals surface area contributed by atoms with Crippen molar-refractivity contribution >= 4 is 12.0 Å². The predicted molar refractivity (Wildman–Crippen MR) is 85.8 cm³/mol. The van der Waals surface area contributed by atoms with Gasteiger partial charge in [-0.25, -0.2) is 0 Å². The van der Waals surface area contributed by atoms with Crippen LogP contribution in [0, 0.1) is 5.92 Å². The van der Waals surface area contributed by atoms with Crippen molar-refractivity contribution in [2.75, 3.05) is 6.54 Å². The highest BCUT2D eigenvalue weighted by Crippen LogP contribution is 2.40. The Morgan fingerprint density at radius 3 is 2.90 bits per heavy atom. The van der Waals surface area contributed by atoms with E-state index < -0.39 is 0 Å². The molecule has 21 heavy (non-hydrogen) atoms. The summed E-state index contributed by atoms with van der Waals surface area (Å²) >= 11 is 0. The Bertz CT molecular complexity index is 523. The highest BCUT2D eigenvalue weighted by molar-refractivity contribution is 5.77. The van der Waals surface area contributed by atoms with Crippen LogP contribution in [0.4, 0.5) is 0 Å². The van der Waals surface area contributed by atoms with Crippen LogP contribution in [0.15, 0.2) is 35.9 Å². The van der Waals surface area contributed by atoms with Crippen molar-refractivity contribution in [2.45, 2.75) is 44.7 Å². The largest absolute Gasteiger partial charge is 0.356 e. The third-order valence-corrected chi connectivity index (χ3v) is 4.52. The number of carbonyl (C=O) groups excluding carboxylic acids is 1. The first kappa shape index (κ1) is 14.3. The number of piperidine rings is 1. The number of nitrogens with one attached hydrogen (secondary N) is 2. The topological polar surface area (TPSA) is 41.1 Å². The second kappa shape index (κ2) is 6.44. The van der Waals surface area contributed by atoms with Gasteiger partial charge in [-0.1, -0.05) is 48.9 Å². The fraction of sp³-hybridized carbons (Fsp3) is 0.500. The molecular formula is C18H24N2O. The minimum absolute atomic E-state index is 0.187. The van der Waals surface area contributed by atoms with E-state index in [4.69, 9.17) is 0 Å². The zero-order valence-corrected chi connectivity index (χ0v) is 12.6. The average molecular weight is 284 g/mol. The molecule has 1 heterocycles. The smallest absolute Gasteiger partial charge is 0.221 e. The number of rotatable bonds is 5. The third-order valence-electron chi connectivity index (χ3n) is 4.52. The van der Waals surface area contributed by atoms with E-state index in [9.17, 15) is 4.79 Å². The first-order chi connectivity index (χ1) is 10.3. The maximum absolute atomic E-state index is 11.4. The minimum atomic E-state index is 0.187. The van der Waals surface area contributed by atoms with Gasteiger partial charge in [0.15, 0.2) is 0 Å². The minimum Gasteiger partial charge on any atom is -0.356 e. The Balaban J connectivity index is 1.58. The van der Waals surface area contributed by atoms with Gasteiger partial charge in [-0.15, -0.1) is 0 Å². The predicted octanol–water partition coefficient (Wildman–Crippen LogP) is 2.74. The summed E-state index contributed by atoms with van der Waals surface area (Å²) in [4.78, 5) is 11.4. The molecule has 112 valence electrons. The average Bonchev–Trinajstić information content (AvgIpc) is 3.25. The van der Waals surface area contributed by atoms with Crippen LogP contribution in [0.3, 0.4) is 0 Å². The summed E-state index contributed by atoms with van der Waals surface area (Å²) in [6.45, 7) is 3.05. The molecule has 0 radical (unpaired) electrons. The van der Waals surface area contributed by atoms with Crippen LogP contribution < -0.4 is 10.6 Å². The molecule has 1 saturated carbocycles. The molecule has 0 bridgehead atoms. The zero-order valence-electron chi connectivity index (χ0n) is 12.6. The van der Waals surface area contributed by atoms with Gasteiger partial charge in [-0.05, 0) is 30.7 Å². The van der Waals surface area contributed by atoms with E-state index in [0.29, 0.717) is 24.4 Å². The lowest BCUT2D eigenvalue weighted by Gasteiger charge is -2.23. The molecule has 1 aliphatic heterocycles. The van der Waals surface area contributed by atoms with E-state index in [1.54, 1.807) is 0 Å². The van der Waals surface area contributed by atoms with Crippen molar-refractivity contribution in [1.82, 2.24) is 10.6 Å². The van der Waals surface area contributed by atoms with E-state index >= 15 is 0 Å². The van der Waals surface area contributed by atoms with Crippen LogP contribution >= 0.6 is 0 Å². The highest BCUT2D eigenvalue weighted by Gasteiger charge is 2.40. The van der Waals surface area contributed by atoms with Crippen LogP contribution in [0.25, 0.3) is 6.08 Å². The van der Waals surface area contributed by atoms with Crippen LogP contribution in [0.5, 0.6) is 0 Å². The number of hydrogen-bond donors (Lipinski definition) is 2. The lowest BCUT2D eigenvalue weighted by atomic mass is 10.0. The third kappa shape index (κ3) is 3.73. The normalized spacial score (nSPS) is 29.1. The lowest BCUT2D eigenvalue weighted by Crippen LogP contribution is -2.44. The molecule has 1 aliphatic carbocycles. The first-order valence-corrected chi connectivity index (χ1v) is 8.04. The Hall–Kier alpha value is -1.61. The second-order valence-corrected chi connectivity index (χ2v) is 6.14. The van der Waals surface area contributed by atoms with Gasteiger partial charge in [0, 0.05) is 25.0 Å². The Morgan fingerprint density at radius 2 is 2.19 bits per heavy atom. The van der Waals surface area contributed by atoms with Gasteiger partial charge in [0.2, 0.25) is 5.91 Å². The molecule has 3 rings (SSSR count). The molecule has 3 atom stereocenters. The van der Waals surface area contributed by atoms with Crippen molar-refractivity contribution < 1.29 is 4.79 Å². The van der Waals surface area contributed by atoms with Gasteiger partial charge in [-0.2, -0.15) is 0 Å². The zero-order chi connectivity index (χ0) is 14.7. The van der Waals surface area contributed by atoms with Crippen LogP contribution in [0.2, 0.25) is 0 Å². The molecule has 1 unspecified atom stereocenters. The van der Waals surface area contributed by atoms with Crippen molar-refractivity contribution in [2.24, 2.45) is 5.92 Å². The maximum Gasteiger partial charge on any atom is 0.221 e. The molecule has 0 spiro atoms. The van der Waals surface area contributed by atoms with Crippen LogP contribution in [-0.2, 0) is 4.79 Å². The molecule has 2 aliphatic rings. The van der Waals surface area contributed by atoms with Gasteiger partial charge >= 0.3 is 0 Å². The fourth-order valence-corrected chi connectivity index (χ4v) is 3.25. The monoisotopic (exact) mass is 284 g/mol. The molecule has 3 heteroatoms. The Labute approximate surface area is 126 Å². The molecule has 2 N–H and O–H groups in total. The van der Waals surface area contributed by atoms with Gasteiger partial charge in [-0.3, -0.25) is 4.79 Å². The summed E-state index contributed by atoms with van der Waals surface area (Å²) in [5, 5.41) is 6.57. The lowest BCUT2D eigenvalue weighted by molar-refractivity contribution is -0.122. The number of hydrogen-bond acceptors (Lipinski definition) is 2. The molecule has 1 saturated heterocycles. The van der Waals surface area contributed by atoms with E-state index in [1.807, 2.05) is 0 Å². The summed E-state index contributed by atoms with van der Waals surface area (Å²) < 4.78 is 0. The van der Waals surface area contributed by atoms with Crippen molar-refractivity contribution in [1.29, 1.82) is 0 Å². The van der Waals surface area contributed by atoms with E-state index in [1.165, 1.54) is 17.6 Å². The summed E-state index contributed by atoms with van der Waals surface area (Å²) in [6.07, 6.45) is 6.33. The molecule has 1 aromatic rings. The van der Waals surface area contributed by atoms with Gasteiger partial charge < -0.3 is 10.6 Å². The van der Waals surface area contributed by atoms with Crippen molar-refractivity contribution in [3.8, 4) is 0 Å². The molecule has 0 aromatic heterocycles. The van der Waals surface area contributed by atoms with Crippen LogP contribution in [-0.4, -0.2) is 24.5 Å². The van der Waals surface area contributed by atoms with Gasteiger partial charge in [0.25, 0.3) is 0 Å². The quantitative estimate of drug-likeness (QED) is 0.873. The summed E-state index contributed by atoms with van der Waals surface area (Å²) in [5.74, 6) is 0.840. The van der Waals surface area contributed by atoms with Crippen molar-refractivity contribution in [3.63, 3.8) is 0 Å². The molecule has 2 fully saturated rings. The summed E-state index contributed by atoms with van der Waals surface area (Å²) in [7, 11) is 0. The Morgan fingerprint density at radius 1 is 1.38 bits per heavy atom. The number of carbonyl (C=O) groups is 1. The molecule has 1 amide bonds.